The van der Waals surface area contributed by atoms with Crippen LogP contribution in [0.5, 0.6) is 0 Å². The zero-order valence-electron chi connectivity index (χ0n) is 9.62. The van der Waals surface area contributed by atoms with Crippen molar-refractivity contribution in [2.75, 3.05) is 0 Å². The van der Waals surface area contributed by atoms with E-state index < -0.39 is 12.0 Å². The summed E-state index contributed by atoms with van der Waals surface area (Å²) in [6, 6.07) is 1.43. The molecule has 100 valence electrons. The van der Waals surface area contributed by atoms with Crippen LogP contribution in [0.4, 0.5) is 0 Å². The van der Waals surface area contributed by atoms with Crippen molar-refractivity contribution < 1.29 is 9.90 Å². The van der Waals surface area contributed by atoms with Gasteiger partial charge in [0.15, 0.2) is 5.69 Å². The molecule has 0 saturated carbocycles. The number of halogens is 3. The summed E-state index contributed by atoms with van der Waals surface area (Å²) in [4.78, 5) is 19.5. The molecule has 1 aromatic carbocycles. The lowest BCUT2D eigenvalue weighted by Crippen LogP contribution is -2.18. The molecule has 0 saturated heterocycles. The van der Waals surface area contributed by atoms with Crippen LogP contribution < -0.4 is 5.73 Å². The zero-order chi connectivity index (χ0) is 14.3. The van der Waals surface area contributed by atoms with Crippen molar-refractivity contribution in [1.29, 1.82) is 0 Å². The molecule has 1 heterocycles. The quantitative estimate of drug-likeness (QED) is 0.833. The molecular formula is C11H8Cl3N3O2. The van der Waals surface area contributed by atoms with Crippen molar-refractivity contribution in [3.63, 3.8) is 0 Å². The average molecular weight is 321 g/mol. The Morgan fingerprint density at radius 1 is 1.32 bits per heavy atom. The largest absolute Gasteiger partial charge is 0.387 e. The predicted octanol–water partition coefficient (Wildman–Crippen LogP) is 2.74. The SMILES string of the molecule is CC(O)c1nc2c(Cl)c(Cl)c(Cl)cc2nc1C(N)=O. The highest BCUT2D eigenvalue weighted by Gasteiger charge is 2.20. The Balaban J connectivity index is 2.89. The van der Waals surface area contributed by atoms with Gasteiger partial charge < -0.3 is 10.8 Å². The van der Waals surface area contributed by atoms with E-state index in [-0.39, 0.29) is 37.5 Å². The second-order valence-electron chi connectivity index (χ2n) is 3.85. The second kappa shape index (κ2) is 5.09. The number of benzene rings is 1. The topological polar surface area (TPSA) is 89.1 Å². The molecule has 0 radical (unpaired) electrons. The molecule has 0 aliphatic heterocycles. The minimum Gasteiger partial charge on any atom is -0.387 e. The summed E-state index contributed by atoms with van der Waals surface area (Å²) in [5.41, 5.74) is 5.64. The molecular weight excluding hydrogens is 312 g/mol. The van der Waals surface area contributed by atoms with Gasteiger partial charge in [-0.2, -0.15) is 0 Å². The first-order valence-electron chi connectivity index (χ1n) is 5.16. The van der Waals surface area contributed by atoms with Crippen LogP contribution in [0.2, 0.25) is 15.1 Å². The molecule has 1 aromatic heterocycles. The fraction of sp³-hybridized carbons (Fsp3) is 0.182. The maximum absolute atomic E-state index is 11.3. The lowest BCUT2D eigenvalue weighted by molar-refractivity contribution is 0.0987. The molecule has 19 heavy (non-hydrogen) atoms. The van der Waals surface area contributed by atoms with Gasteiger partial charge in [-0.25, -0.2) is 9.97 Å². The van der Waals surface area contributed by atoms with Gasteiger partial charge in [-0.05, 0) is 13.0 Å². The molecule has 1 amide bonds. The van der Waals surface area contributed by atoms with E-state index in [1.807, 2.05) is 0 Å². The monoisotopic (exact) mass is 319 g/mol. The fourth-order valence-corrected chi connectivity index (χ4v) is 2.22. The number of fused-ring (bicyclic) bond motifs is 1. The normalized spacial score (nSPS) is 12.7. The van der Waals surface area contributed by atoms with Gasteiger partial charge in [0.05, 0.1) is 26.7 Å². The number of aliphatic hydroxyl groups is 1. The van der Waals surface area contributed by atoms with E-state index in [0.29, 0.717) is 0 Å². The minimum atomic E-state index is -1.02. The number of rotatable bonds is 2. The van der Waals surface area contributed by atoms with E-state index in [1.165, 1.54) is 13.0 Å². The fourth-order valence-electron chi connectivity index (χ4n) is 1.59. The smallest absolute Gasteiger partial charge is 0.269 e. The van der Waals surface area contributed by atoms with E-state index >= 15 is 0 Å². The van der Waals surface area contributed by atoms with Crippen LogP contribution in [-0.4, -0.2) is 21.0 Å². The molecule has 1 unspecified atom stereocenters. The lowest BCUT2D eigenvalue weighted by atomic mass is 10.2. The van der Waals surface area contributed by atoms with E-state index in [9.17, 15) is 9.90 Å². The van der Waals surface area contributed by atoms with Gasteiger partial charge >= 0.3 is 0 Å². The van der Waals surface area contributed by atoms with E-state index in [2.05, 4.69) is 9.97 Å². The Hall–Kier alpha value is -1.14. The van der Waals surface area contributed by atoms with Crippen LogP contribution in [-0.2, 0) is 0 Å². The van der Waals surface area contributed by atoms with Gasteiger partial charge in [0.2, 0.25) is 0 Å². The second-order valence-corrected chi connectivity index (χ2v) is 5.01. The summed E-state index contributed by atoms with van der Waals surface area (Å²) < 4.78 is 0. The van der Waals surface area contributed by atoms with E-state index in [1.54, 1.807) is 0 Å². The van der Waals surface area contributed by atoms with Crippen molar-refractivity contribution in [3.05, 3.63) is 32.5 Å². The number of carbonyl (C=O) groups excluding carboxylic acids is 1. The molecule has 5 nitrogen and oxygen atoms in total. The molecule has 0 aliphatic rings. The summed E-state index contributed by atoms with van der Waals surface area (Å²) in [6.45, 7) is 1.44. The molecule has 0 fully saturated rings. The number of nitrogens with two attached hydrogens (primary N) is 1. The highest BCUT2D eigenvalue weighted by Crippen LogP contribution is 2.36. The van der Waals surface area contributed by atoms with Gasteiger partial charge in [0.1, 0.15) is 11.2 Å². The first-order chi connectivity index (χ1) is 8.82. The third kappa shape index (κ3) is 2.47. The number of amides is 1. The molecule has 0 spiro atoms. The van der Waals surface area contributed by atoms with Crippen LogP contribution in [0.3, 0.4) is 0 Å². The molecule has 2 rings (SSSR count). The summed E-state index contributed by atoms with van der Waals surface area (Å²) in [5.74, 6) is -0.799. The number of nitrogens with zero attached hydrogens (tertiary/aromatic N) is 2. The van der Waals surface area contributed by atoms with Gasteiger partial charge in [-0.3, -0.25) is 4.79 Å². The summed E-state index contributed by atoms with van der Waals surface area (Å²) in [7, 11) is 0. The van der Waals surface area contributed by atoms with Gasteiger partial charge in [-0.15, -0.1) is 0 Å². The third-order valence-electron chi connectivity index (χ3n) is 2.45. The number of aliphatic hydroxyl groups excluding tert-OH is 1. The van der Waals surface area contributed by atoms with Crippen molar-refractivity contribution in [2.24, 2.45) is 5.73 Å². The van der Waals surface area contributed by atoms with Crippen LogP contribution >= 0.6 is 34.8 Å². The van der Waals surface area contributed by atoms with Gasteiger partial charge in [0.25, 0.3) is 5.91 Å². The molecule has 0 aliphatic carbocycles. The standard InChI is InChI=1S/C11H8Cl3N3O2/c1-3(18)8-10(11(15)19)16-5-2-4(12)6(13)7(14)9(5)17-8/h2-3,18H,1H3,(H2,15,19). The third-order valence-corrected chi connectivity index (χ3v) is 3.70. The maximum Gasteiger partial charge on any atom is 0.269 e. The van der Waals surface area contributed by atoms with Gasteiger partial charge in [0, 0.05) is 0 Å². The molecule has 8 heteroatoms. The first kappa shape index (κ1) is 14.3. The number of hydrogen-bond donors (Lipinski definition) is 2. The number of carbonyl (C=O) groups is 1. The molecule has 0 bridgehead atoms. The number of aromatic nitrogens is 2. The highest BCUT2D eigenvalue weighted by atomic mass is 35.5. The number of primary amides is 1. The van der Waals surface area contributed by atoms with E-state index in [0.717, 1.165) is 0 Å². The van der Waals surface area contributed by atoms with Crippen LogP contribution in [0.15, 0.2) is 6.07 Å². The minimum absolute atomic E-state index is 0.0419. The van der Waals surface area contributed by atoms with Crippen LogP contribution in [0, 0.1) is 0 Å². The Kier molecular flexibility index (Phi) is 3.82. The van der Waals surface area contributed by atoms with Crippen molar-refractivity contribution in [3.8, 4) is 0 Å². The van der Waals surface area contributed by atoms with Crippen molar-refractivity contribution in [1.82, 2.24) is 9.97 Å². The number of hydrogen-bond acceptors (Lipinski definition) is 4. The Morgan fingerprint density at radius 3 is 2.47 bits per heavy atom. The summed E-state index contributed by atoms with van der Waals surface area (Å²) in [5, 5.41) is 10.0. The van der Waals surface area contributed by atoms with Crippen LogP contribution in [0.25, 0.3) is 11.0 Å². The molecule has 3 N–H and O–H groups in total. The van der Waals surface area contributed by atoms with E-state index in [4.69, 9.17) is 40.5 Å². The zero-order valence-corrected chi connectivity index (χ0v) is 11.9. The predicted molar refractivity (Wildman–Crippen MR) is 73.7 cm³/mol. The Morgan fingerprint density at radius 2 is 1.95 bits per heavy atom. The van der Waals surface area contributed by atoms with Crippen molar-refractivity contribution >= 4 is 51.7 Å². The lowest BCUT2D eigenvalue weighted by Gasteiger charge is -2.11. The Bertz CT molecular complexity index is 689. The molecule has 2 aromatic rings. The molecule has 1 atom stereocenters. The Labute approximate surface area is 123 Å². The maximum atomic E-state index is 11.3. The first-order valence-corrected chi connectivity index (χ1v) is 6.29. The van der Waals surface area contributed by atoms with Crippen LogP contribution in [0.1, 0.15) is 29.2 Å². The van der Waals surface area contributed by atoms with Gasteiger partial charge in [-0.1, -0.05) is 34.8 Å². The van der Waals surface area contributed by atoms with Crippen molar-refractivity contribution in [2.45, 2.75) is 13.0 Å². The summed E-state index contributed by atoms with van der Waals surface area (Å²) >= 11 is 17.8. The highest BCUT2D eigenvalue weighted by molar-refractivity contribution is 6.50. The average Bonchev–Trinajstić information content (AvgIpc) is 2.34. The summed E-state index contributed by atoms with van der Waals surface area (Å²) in [6.07, 6.45) is -1.02.